The van der Waals surface area contributed by atoms with E-state index in [0.717, 1.165) is 25.7 Å². The molecule has 2 atom stereocenters. The SMILES string of the molecule is CC1CC(C)CC(O)(C2(N)CC2)C1. The van der Waals surface area contributed by atoms with Crippen molar-refractivity contribution in [1.82, 2.24) is 0 Å². The van der Waals surface area contributed by atoms with Crippen LogP contribution in [-0.4, -0.2) is 16.2 Å². The molecule has 2 nitrogen and oxygen atoms in total. The lowest BCUT2D eigenvalue weighted by Gasteiger charge is -2.43. The summed E-state index contributed by atoms with van der Waals surface area (Å²) < 4.78 is 0. The molecule has 13 heavy (non-hydrogen) atoms. The van der Waals surface area contributed by atoms with E-state index in [1.165, 1.54) is 6.42 Å². The van der Waals surface area contributed by atoms with Crippen LogP contribution in [0.4, 0.5) is 0 Å². The van der Waals surface area contributed by atoms with Gasteiger partial charge in [-0.25, -0.2) is 0 Å². The van der Waals surface area contributed by atoms with Gasteiger partial charge in [-0.05, 0) is 43.9 Å². The average molecular weight is 183 g/mol. The zero-order valence-corrected chi connectivity index (χ0v) is 8.71. The highest BCUT2D eigenvalue weighted by Gasteiger charge is 2.57. The minimum absolute atomic E-state index is 0.226. The summed E-state index contributed by atoms with van der Waals surface area (Å²) in [5, 5.41) is 10.5. The van der Waals surface area contributed by atoms with Gasteiger partial charge in [-0.15, -0.1) is 0 Å². The third-order valence-electron chi connectivity index (χ3n) is 3.89. The van der Waals surface area contributed by atoms with Crippen LogP contribution in [0.2, 0.25) is 0 Å². The van der Waals surface area contributed by atoms with E-state index in [-0.39, 0.29) is 5.54 Å². The normalized spacial score (nSPS) is 48.9. The first-order valence-electron chi connectivity index (χ1n) is 5.46. The van der Waals surface area contributed by atoms with Crippen molar-refractivity contribution in [3.05, 3.63) is 0 Å². The van der Waals surface area contributed by atoms with E-state index in [0.29, 0.717) is 11.8 Å². The van der Waals surface area contributed by atoms with E-state index in [1.54, 1.807) is 0 Å². The van der Waals surface area contributed by atoms with Gasteiger partial charge in [0.15, 0.2) is 0 Å². The Morgan fingerprint density at radius 2 is 1.62 bits per heavy atom. The Bertz CT molecular complexity index is 200. The van der Waals surface area contributed by atoms with Crippen molar-refractivity contribution in [2.45, 2.75) is 57.1 Å². The van der Waals surface area contributed by atoms with E-state index in [9.17, 15) is 5.11 Å². The van der Waals surface area contributed by atoms with Crippen LogP contribution in [0.5, 0.6) is 0 Å². The lowest BCUT2D eigenvalue weighted by atomic mass is 9.69. The third-order valence-corrected chi connectivity index (χ3v) is 3.89. The Morgan fingerprint density at radius 1 is 1.15 bits per heavy atom. The van der Waals surface area contributed by atoms with Gasteiger partial charge >= 0.3 is 0 Å². The first-order valence-corrected chi connectivity index (χ1v) is 5.46. The fourth-order valence-corrected chi connectivity index (χ4v) is 3.10. The molecule has 2 aliphatic rings. The Morgan fingerprint density at radius 3 is 2.00 bits per heavy atom. The van der Waals surface area contributed by atoms with Crippen LogP contribution < -0.4 is 5.73 Å². The molecule has 3 N–H and O–H groups in total. The molecule has 0 heterocycles. The Hall–Kier alpha value is -0.0800. The molecule has 0 aliphatic heterocycles. The van der Waals surface area contributed by atoms with Gasteiger partial charge < -0.3 is 10.8 Å². The molecule has 0 spiro atoms. The fraction of sp³-hybridized carbons (Fsp3) is 1.00. The zero-order valence-electron chi connectivity index (χ0n) is 8.71. The molecule has 0 amide bonds. The summed E-state index contributed by atoms with van der Waals surface area (Å²) in [4.78, 5) is 0. The molecule has 0 aromatic heterocycles. The zero-order chi connectivity index (χ0) is 9.69. The second-order valence-corrected chi connectivity index (χ2v) is 5.54. The number of hydrogen-bond acceptors (Lipinski definition) is 2. The van der Waals surface area contributed by atoms with Crippen LogP contribution in [0, 0.1) is 11.8 Å². The van der Waals surface area contributed by atoms with Crippen LogP contribution in [-0.2, 0) is 0 Å². The largest absolute Gasteiger partial charge is 0.388 e. The Kier molecular flexibility index (Phi) is 1.97. The van der Waals surface area contributed by atoms with Crippen molar-refractivity contribution in [3.8, 4) is 0 Å². The van der Waals surface area contributed by atoms with Crippen molar-refractivity contribution < 1.29 is 5.11 Å². The minimum atomic E-state index is -0.552. The van der Waals surface area contributed by atoms with Gasteiger partial charge in [0.05, 0.1) is 5.60 Å². The molecule has 0 saturated heterocycles. The topological polar surface area (TPSA) is 46.2 Å². The van der Waals surface area contributed by atoms with Crippen molar-refractivity contribution in [3.63, 3.8) is 0 Å². The van der Waals surface area contributed by atoms with Gasteiger partial charge in [-0.3, -0.25) is 0 Å². The summed E-state index contributed by atoms with van der Waals surface area (Å²) in [6.45, 7) is 4.46. The smallest absolute Gasteiger partial charge is 0.0831 e. The van der Waals surface area contributed by atoms with E-state index in [4.69, 9.17) is 5.73 Å². The molecule has 0 aromatic rings. The van der Waals surface area contributed by atoms with Crippen molar-refractivity contribution >= 4 is 0 Å². The standard InChI is InChI=1S/C11H21NO/c1-8-5-9(2)7-11(13,6-8)10(12)3-4-10/h8-9,13H,3-7,12H2,1-2H3. The minimum Gasteiger partial charge on any atom is -0.388 e. The molecule has 2 heteroatoms. The van der Waals surface area contributed by atoms with E-state index in [1.807, 2.05) is 0 Å². The number of rotatable bonds is 1. The maximum atomic E-state index is 10.5. The molecule has 76 valence electrons. The molecule has 2 saturated carbocycles. The van der Waals surface area contributed by atoms with Crippen LogP contribution in [0.15, 0.2) is 0 Å². The predicted octanol–water partition coefficient (Wildman–Crippen LogP) is 1.66. The first-order chi connectivity index (χ1) is 5.95. The summed E-state index contributed by atoms with van der Waals surface area (Å²) >= 11 is 0. The van der Waals surface area contributed by atoms with Crippen molar-refractivity contribution in [2.24, 2.45) is 17.6 Å². The highest BCUT2D eigenvalue weighted by molar-refractivity contribution is 5.15. The van der Waals surface area contributed by atoms with Gasteiger partial charge in [-0.2, -0.15) is 0 Å². The van der Waals surface area contributed by atoms with Crippen LogP contribution in [0.1, 0.15) is 46.0 Å². The predicted molar refractivity (Wildman–Crippen MR) is 53.3 cm³/mol. The summed E-state index contributed by atoms with van der Waals surface area (Å²) in [5.41, 5.74) is 5.35. The lowest BCUT2D eigenvalue weighted by molar-refractivity contribution is -0.0595. The van der Waals surface area contributed by atoms with Crippen LogP contribution in [0.25, 0.3) is 0 Å². The van der Waals surface area contributed by atoms with E-state index in [2.05, 4.69) is 13.8 Å². The molecule has 2 fully saturated rings. The second kappa shape index (κ2) is 2.71. The van der Waals surface area contributed by atoms with Gasteiger partial charge in [0.1, 0.15) is 0 Å². The summed E-state index contributed by atoms with van der Waals surface area (Å²) in [7, 11) is 0. The van der Waals surface area contributed by atoms with Gasteiger partial charge in [-0.1, -0.05) is 13.8 Å². The highest BCUT2D eigenvalue weighted by atomic mass is 16.3. The molecule has 0 radical (unpaired) electrons. The van der Waals surface area contributed by atoms with Crippen molar-refractivity contribution in [1.29, 1.82) is 0 Å². The average Bonchev–Trinajstić information content (AvgIpc) is 2.65. The molecule has 2 aliphatic carbocycles. The van der Waals surface area contributed by atoms with Gasteiger partial charge in [0.25, 0.3) is 0 Å². The molecular formula is C11H21NO. The van der Waals surface area contributed by atoms with Crippen LogP contribution in [0.3, 0.4) is 0 Å². The first kappa shape index (κ1) is 9.47. The Balaban J connectivity index is 2.12. The Labute approximate surface area is 80.5 Å². The molecule has 0 aromatic carbocycles. The number of nitrogens with two attached hydrogens (primary N) is 1. The van der Waals surface area contributed by atoms with Gasteiger partial charge in [0.2, 0.25) is 0 Å². The lowest BCUT2D eigenvalue weighted by Crippen LogP contribution is -2.54. The highest BCUT2D eigenvalue weighted by Crippen LogP contribution is 2.51. The summed E-state index contributed by atoms with van der Waals surface area (Å²) in [6, 6.07) is 0. The molecular weight excluding hydrogens is 162 g/mol. The molecule has 0 bridgehead atoms. The van der Waals surface area contributed by atoms with Crippen LogP contribution >= 0.6 is 0 Å². The maximum absolute atomic E-state index is 10.5. The van der Waals surface area contributed by atoms with Crippen molar-refractivity contribution in [2.75, 3.05) is 0 Å². The number of hydrogen-bond donors (Lipinski definition) is 2. The summed E-state index contributed by atoms with van der Waals surface area (Å²) in [5.74, 6) is 1.27. The monoisotopic (exact) mass is 183 g/mol. The number of aliphatic hydroxyl groups is 1. The third kappa shape index (κ3) is 1.50. The molecule has 2 unspecified atom stereocenters. The van der Waals surface area contributed by atoms with E-state index < -0.39 is 5.60 Å². The fourth-order valence-electron chi connectivity index (χ4n) is 3.10. The second-order valence-electron chi connectivity index (χ2n) is 5.54. The maximum Gasteiger partial charge on any atom is 0.0831 e. The molecule has 2 rings (SSSR count). The van der Waals surface area contributed by atoms with Gasteiger partial charge in [0, 0.05) is 5.54 Å². The quantitative estimate of drug-likeness (QED) is 0.649. The van der Waals surface area contributed by atoms with E-state index >= 15 is 0 Å². The summed E-state index contributed by atoms with van der Waals surface area (Å²) in [6.07, 6.45) is 5.10.